The fourth-order valence-corrected chi connectivity index (χ4v) is 2.48. The molecule has 1 aromatic rings. The first kappa shape index (κ1) is 14.8. The molecule has 0 unspecified atom stereocenters. The van der Waals surface area contributed by atoms with E-state index in [9.17, 15) is 10.1 Å². The van der Waals surface area contributed by atoms with E-state index in [2.05, 4.69) is 10.4 Å². The Morgan fingerprint density at radius 2 is 2.25 bits per heavy atom. The second kappa shape index (κ2) is 5.78. The molecular formula is C13H22N4O3. The highest BCUT2D eigenvalue weighted by molar-refractivity contribution is 5.60. The molecule has 0 amide bonds. The Hall–Kier alpha value is -1.63. The molecule has 1 fully saturated rings. The largest absolute Gasteiger partial charge is 0.385 e. The molecule has 0 saturated heterocycles. The fourth-order valence-electron chi connectivity index (χ4n) is 2.48. The van der Waals surface area contributed by atoms with E-state index in [1.807, 2.05) is 6.92 Å². The molecule has 20 heavy (non-hydrogen) atoms. The molecule has 1 heterocycles. The number of hydrogen-bond donors (Lipinski definition) is 1. The first-order chi connectivity index (χ1) is 9.53. The van der Waals surface area contributed by atoms with E-state index < -0.39 is 0 Å². The van der Waals surface area contributed by atoms with Gasteiger partial charge in [-0.15, -0.1) is 0 Å². The van der Waals surface area contributed by atoms with E-state index >= 15 is 0 Å². The molecule has 0 bridgehead atoms. The summed E-state index contributed by atoms with van der Waals surface area (Å²) in [6.07, 6.45) is 3.84. The summed E-state index contributed by atoms with van der Waals surface area (Å²) in [5.41, 5.74) is 0.875. The van der Waals surface area contributed by atoms with Crippen LogP contribution in [0.1, 0.15) is 31.9 Å². The van der Waals surface area contributed by atoms with Crippen LogP contribution in [0.15, 0.2) is 0 Å². The summed E-state index contributed by atoms with van der Waals surface area (Å²) in [6, 6.07) is 0. The second-order valence-corrected chi connectivity index (χ2v) is 5.47. The van der Waals surface area contributed by atoms with Crippen molar-refractivity contribution in [1.29, 1.82) is 0 Å². The van der Waals surface area contributed by atoms with Crippen LogP contribution in [0.25, 0.3) is 0 Å². The minimum Gasteiger partial charge on any atom is -0.385 e. The molecular weight excluding hydrogens is 260 g/mol. The number of nitrogens with zero attached hydrogens (tertiary/aromatic N) is 3. The van der Waals surface area contributed by atoms with Crippen LogP contribution in [0, 0.1) is 15.5 Å². The number of nitro groups is 1. The van der Waals surface area contributed by atoms with Crippen LogP contribution in [0.5, 0.6) is 0 Å². The van der Waals surface area contributed by atoms with Gasteiger partial charge in [-0.25, -0.2) is 4.68 Å². The molecule has 1 N–H and O–H groups in total. The SMILES string of the molecule is CCc1nn(C)c(NCC2(CCOC)CC2)c1[N+](=O)[O-]. The minimum atomic E-state index is -0.344. The van der Waals surface area contributed by atoms with Crippen molar-refractivity contribution in [2.75, 3.05) is 25.6 Å². The molecule has 7 heteroatoms. The first-order valence-electron chi connectivity index (χ1n) is 6.96. The topological polar surface area (TPSA) is 82.2 Å². The Kier molecular flexibility index (Phi) is 4.27. The van der Waals surface area contributed by atoms with Crippen molar-refractivity contribution in [3.8, 4) is 0 Å². The number of aryl methyl sites for hydroxylation is 2. The summed E-state index contributed by atoms with van der Waals surface area (Å²) >= 11 is 0. The van der Waals surface area contributed by atoms with Gasteiger partial charge in [0.2, 0.25) is 5.82 Å². The quantitative estimate of drug-likeness (QED) is 0.583. The fraction of sp³-hybridized carbons (Fsp3) is 0.769. The summed E-state index contributed by atoms with van der Waals surface area (Å²) in [5.74, 6) is 0.510. The van der Waals surface area contributed by atoms with Crippen molar-refractivity contribution in [1.82, 2.24) is 9.78 Å². The molecule has 1 aromatic heterocycles. The molecule has 1 aliphatic carbocycles. The zero-order valence-electron chi connectivity index (χ0n) is 12.3. The minimum absolute atomic E-state index is 0.109. The monoisotopic (exact) mass is 282 g/mol. The highest BCUT2D eigenvalue weighted by Crippen LogP contribution is 2.49. The van der Waals surface area contributed by atoms with Crippen molar-refractivity contribution in [2.24, 2.45) is 12.5 Å². The summed E-state index contributed by atoms with van der Waals surface area (Å²) in [5, 5.41) is 18.7. The third-order valence-electron chi connectivity index (χ3n) is 4.03. The van der Waals surface area contributed by atoms with Gasteiger partial charge in [-0.05, 0) is 31.1 Å². The molecule has 0 aliphatic heterocycles. The van der Waals surface area contributed by atoms with Gasteiger partial charge in [0.25, 0.3) is 0 Å². The van der Waals surface area contributed by atoms with Crippen molar-refractivity contribution in [3.63, 3.8) is 0 Å². The lowest BCUT2D eigenvalue weighted by atomic mass is 10.0. The number of rotatable bonds is 8. The van der Waals surface area contributed by atoms with Crippen LogP contribution in [0.2, 0.25) is 0 Å². The lowest BCUT2D eigenvalue weighted by molar-refractivity contribution is -0.384. The van der Waals surface area contributed by atoms with Crippen molar-refractivity contribution in [2.45, 2.75) is 32.6 Å². The van der Waals surface area contributed by atoms with Gasteiger partial charge in [0.1, 0.15) is 5.69 Å². The average Bonchev–Trinajstić information content (AvgIpc) is 3.11. The standard InChI is InChI=1S/C13H22N4O3/c1-4-10-11(17(18)19)12(16(2)15-10)14-9-13(5-6-13)7-8-20-3/h14H,4-9H2,1-3H3. The average molecular weight is 282 g/mol. The zero-order valence-corrected chi connectivity index (χ0v) is 12.3. The van der Waals surface area contributed by atoms with E-state index in [-0.39, 0.29) is 16.0 Å². The molecule has 7 nitrogen and oxygen atoms in total. The smallest absolute Gasteiger partial charge is 0.333 e. The van der Waals surface area contributed by atoms with Crippen molar-refractivity contribution >= 4 is 11.5 Å². The Labute approximate surface area is 118 Å². The third kappa shape index (κ3) is 2.92. The van der Waals surface area contributed by atoms with Gasteiger partial charge < -0.3 is 10.1 Å². The predicted octanol–water partition coefficient (Wildman–Crippen LogP) is 2.12. The van der Waals surface area contributed by atoms with Gasteiger partial charge in [-0.2, -0.15) is 5.10 Å². The van der Waals surface area contributed by atoms with Crippen LogP contribution < -0.4 is 5.32 Å². The van der Waals surface area contributed by atoms with Gasteiger partial charge in [0.15, 0.2) is 0 Å². The van der Waals surface area contributed by atoms with Gasteiger partial charge in [-0.1, -0.05) is 6.92 Å². The van der Waals surface area contributed by atoms with E-state index in [1.165, 1.54) is 0 Å². The molecule has 1 aliphatic rings. The van der Waals surface area contributed by atoms with E-state index in [1.54, 1.807) is 18.8 Å². The molecule has 1 saturated carbocycles. The Morgan fingerprint density at radius 1 is 1.55 bits per heavy atom. The lowest BCUT2D eigenvalue weighted by Gasteiger charge is -2.15. The van der Waals surface area contributed by atoms with Crippen LogP contribution in [0.4, 0.5) is 11.5 Å². The van der Waals surface area contributed by atoms with Crippen LogP contribution in [-0.2, 0) is 18.2 Å². The maximum atomic E-state index is 11.2. The summed E-state index contributed by atoms with van der Waals surface area (Å²) in [7, 11) is 3.44. The molecule has 0 radical (unpaired) electrons. The molecule has 2 rings (SSSR count). The first-order valence-corrected chi connectivity index (χ1v) is 6.96. The number of methoxy groups -OCH3 is 1. The van der Waals surface area contributed by atoms with Crippen LogP contribution in [0.3, 0.4) is 0 Å². The van der Waals surface area contributed by atoms with Crippen LogP contribution in [-0.4, -0.2) is 35.0 Å². The molecule has 0 aromatic carbocycles. The van der Waals surface area contributed by atoms with Gasteiger partial charge >= 0.3 is 5.69 Å². The maximum absolute atomic E-state index is 11.2. The maximum Gasteiger partial charge on any atom is 0.333 e. The number of anilines is 1. The summed E-state index contributed by atoms with van der Waals surface area (Å²) in [4.78, 5) is 10.9. The van der Waals surface area contributed by atoms with Gasteiger partial charge in [-0.3, -0.25) is 10.1 Å². The highest BCUT2D eigenvalue weighted by Gasteiger charge is 2.42. The van der Waals surface area contributed by atoms with Crippen LogP contribution >= 0.6 is 0 Å². The molecule has 0 atom stereocenters. The zero-order chi connectivity index (χ0) is 14.8. The van der Waals surface area contributed by atoms with Crippen molar-refractivity contribution < 1.29 is 9.66 Å². The van der Waals surface area contributed by atoms with Gasteiger partial charge in [0.05, 0.1) is 4.92 Å². The number of nitrogens with one attached hydrogen (secondary N) is 1. The molecule has 112 valence electrons. The Morgan fingerprint density at radius 3 is 2.75 bits per heavy atom. The second-order valence-electron chi connectivity index (χ2n) is 5.47. The summed E-state index contributed by atoms with van der Waals surface area (Å²) in [6.45, 7) is 3.34. The third-order valence-corrected chi connectivity index (χ3v) is 4.03. The van der Waals surface area contributed by atoms with E-state index in [0.29, 0.717) is 17.9 Å². The van der Waals surface area contributed by atoms with E-state index in [0.717, 1.165) is 32.4 Å². The van der Waals surface area contributed by atoms with Crippen molar-refractivity contribution in [3.05, 3.63) is 15.8 Å². The summed E-state index contributed by atoms with van der Waals surface area (Å²) < 4.78 is 6.70. The molecule has 0 spiro atoms. The van der Waals surface area contributed by atoms with E-state index in [4.69, 9.17) is 4.74 Å². The Bertz CT molecular complexity index is 494. The number of hydrogen-bond acceptors (Lipinski definition) is 5. The normalized spacial score (nSPS) is 16.1. The predicted molar refractivity (Wildman–Crippen MR) is 75.9 cm³/mol. The van der Waals surface area contributed by atoms with Gasteiger partial charge in [0, 0.05) is 27.3 Å². The highest BCUT2D eigenvalue weighted by atomic mass is 16.6. The lowest BCUT2D eigenvalue weighted by Crippen LogP contribution is -2.19. The number of ether oxygens (including phenoxy) is 1. The Balaban J connectivity index is 2.09. The number of aromatic nitrogens is 2.